The third-order valence-electron chi connectivity index (χ3n) is 2.26. The van der Waals surface area contributed by atoms with Crippen LogP contribution in [0.4, 0.5) is 19.4 Å². The molecule has 0 atom stereocenters. The van der Waals surface area contributed by atoms with E-state index in [1.165, 1.54) is 0 Å². The van der Waals surface area contributed by atoms with Crippen LogP contribution in [0.15, 0.2) is 12.1 Å². The zero-order valence-corrected chi connectivity index (χ0v) is 10.1. The van der Waals surface area contributed by atoms with Crippen LogP contribution in [0.3, 0.4) is 0 Å². The number of halogens is 3. The van der Waals surface area contributed by atoms with E-state index in [1.807, 2.05) is 0 Å². The fourth-order valence-corrected chi connectivity index (χ4v) is 1.79. The molecule has 2 N–H and O–H groups in total. The molecule has 0 bridgehead atoms. The largest absolute Gasteiger partial charge is 0.450 e. The van der Waals surface area contributed by atoms with Crippen molar-refractivity contribution in [1.82, 2.24) is 4.98 Å². The Kier molecular flexibility index (Phi) is 3.38. The van der Waals surface area contributed by atoms with E-state index in [0.29, 0.717) is 0 Å². The van der Waals surface area contributed by atoms with Crippen molar-refractivity contribution in [3.63, 3.8) is 0 Å². The number of ether oxygens (including phenoxy) is 1. The van der Waals surface area contributed by atoms with Crippen LogP contribution in [-0.2, 0) is 4.74 Å². The molecule has 7 heteroatoms. The number of carbonyl (C=O) groups excluding carboxylic acids is 1. The van der Waals surface area contributed by atoms with Crippen molar-refractivity contribution < 1.29 is 18.3 Å². The molecule has 0 saturated carbocycles. The highest BCUT2D eigenvalue weighted by atomic mass is 35.5. The summed E-state index contributed by atoms with van der Waals surface area (Å²) in [5.74, 6) is -1.47. The highest BCUT2D eigenvalue weighted by Gasteiger charge is 2.16. The second kappa shape index (κ2) is 4.81. The van der Waals surface area contributed by atoms with Gasteiger partial charge in [0.1, 0.15) is 17.5 Å². The Labute approximate surface area is 106 Å². The molecule has 96 valence electrons. The summed E-state index contributed by atoms with van der Waals surface area (Å²) < 4.78 is 31.2. The molecule has 0 aliphatic heterocycles. The minimum atomic E-state index is -0.788. The molecule has 1 aromatic carbocycles. The summed E-state index contributed by atoms with van der Waals surface area (Å²) in [7, 11) is 0. The van der Waals surface area contributed by atoms with E-state index in [1.54, 1.807) is 6.92 Å². The first-order valence-corrected chi connectivity index (χ1v) is 5.50. The number of anilines is 1. The van der Waals surface area contributed by atoms with Gasteiger partial charge in [-0.15, -0.1) is 0 Å². The Hall–Kier alpha value is -1.82. The van der Waals surface area contributed by atoms with Crippen molar-refractivity contribution in [2.24, 2.45) is 0 Å². The van der Waals surface area contributed by atoms with E-state index in [2.05, 4.69) is 15.0 Å². The van der Waals surface area contributed by atoms with Gasteiger partial charge < -0.3 is 9.72 Å². The normalized spacial score (nSPS) is 10.7. The van der Waals surface area contributed by atoms with Gasteiger partial charge in [0, 0.05) is 11.5 Å². The molecule has 0 aliphatic carbocycles. The molecule has 0 saturated heterocycles. The predicted molar refractivity (Wildman–Crippen MR) is 63.9 cm³/mol. The third kappa shape index (κ3) is 2.24. The second-order valence-electron chi connectivity index (χ2n) is 3.47. The summed E-state index contributed by atoms with van der Waals surface area (Å²) in [5, 5.41) is 2.49. The number of nitrogens with one attached hydrogen (secondary N) is 2. The fraction of sp³-hybridized carbons (Fsp3) is 0.182. The van der Waals surface area contributed by atoms with Gasteiger partial charge in [0.2, 0.25) is 0 Å². The van der Waals surface area contributed by atoms with Gasteiger partial charge >= 0.3 is 6.09 Å². The number of carbonyl (C=O) groups is 1. The maximum absolute atomic E-state index is 13.5. The molecule has 0 spiro atoms. The summed E-state index contributed by atoms with van der Waals surface area (Å²) >= 11 is 5.91. The number of H-pyrrole nitrogens is 1. The van der Waals surface area contributed by atoms with Gasteiger partial charge in [0.25, 0.3) is 0 Å². The number of amides is 1. The van der Waals surface area contributed by atoms with Crippen molar-refractivity contribution in [2.75, 3.05) is 11.9 Å². The SMILES string of the molecule is CCOC(=O)Nc1[nH]c2c(F)cc(F)cc2c1Cl. The molecule has 18 heavy (non-hydrogen) atoms. The van der Waals surface area contributed by atoms with E-state index >= 15 is 0 Å². The van der Waals surface area contributed by atoms with Crippen LogP contribution in [-0.4, -0.2) is 17.7 Å². The Morgan fingerprint density at radius 2 is 2.22 bits per heavy atom. The average molecular weight is 275 g/mol. The van der Waals surface area contributed by atoms with E-state index in [-0.39, 0.29) is 28.4 Å². The summed E-state index contributed by atoms with van der Waals surface area (Å²) in [6.07, 6.45) is -0.730. The van der Waals surface area contributed by atoms with Crippen LogP contribution in [0.1, 0.15) is 6.92 Å². The molecule has 1 heterocycles. The lowest BCUT2D eigenvalue weighted by molar-refractivity contribution is 0.168. The fourth-order valence-electron chi connectivity index (χ4n) is 1.54. The van der Waals surface area contributed by atoms with E-state index in [4.69, 9.17) is 11.6 Å². The molecule has 1 aromatic heterocycles. The first kappa shape index (κ1) is 12.6. The molecule has 1 amide bonds. The summed E-state index contributed by atoms with van der Waals surface area (Å²) in [4.78, 5) is 13.8. The van der Waals surface area contributed by atoms with Gasteiger partial charge in [-0.05, 0) is 13.0 Å². The maximum Gasteiger partial charge on any atom is 0.412 e. The van der Waals surface area contributed by atoms with Gasteiger partial charge in [-0.1, -0.05) is 11.6 Å². The van der Waals surface area contributed by atoms with Crippen LogP contribution in [0.2, 0.25) is 5.02 Å². The lowest BCUT2D eigenvalue weighted by Crippen LogP contribution is -2.13. The highest BCUT2D eigenvalue weighted by Crippen LogP contribution is 2.33. The number of benzene rings is 1. The molecule has 0 unspecified atom stereocenters. The molecule has 2 aromatic rings. The Bertz CT molecular complexity index is 613. The first-order valence-electron chi connectivity index (χ1n) is 5.13. The number of rotatable bonds is 2. The van der Waals surface area contributed by atoms with Crippen LogP contribution in [0.25, 0.3) is 10.9 Å². The minimum Gasteiger partial charge on any atom is -0.450 e. The quantitative estimate of drug-likeness (QED) is 0.878. The summed E-state index contributed by atoms with van der Waals surface area (Å²) in [6, 6.07) is 1.80. The molecule has 0 radical (unpaired) electrons. The predicted octanol–water partition coefficient (Wildman–Crippen LogP) is 3.67. The van der Waals surface area contributed by atoms with E-state index < -0.39 is 17.7 Å². The Balaban J connectivity index is 2.44. The summed E-state index contributed by atoms with van der Waals surface area (Å²) in [6.45, 7) is 1.83. The lowest BCUT2D eigenvalue weighted by atomic mass is 10.2. The number of fused-ring (bicyclic) bond motifs is 1. The molecular formula is C11H9ClF2N2O2. The monoisotopic (exact) mass is 274 g/mol. The van der Waals surface area contributed by atoms with Crippen LogP contribution >= 0.6 is 11.6 Å². The van der Waals surface area contributed by atoms with Crippen molar-refractivity contribution in [2.45, 2.75) is 6.92 Å². The van der Waals surface area contributed by atoms with Crippen molar-refractivity contribution in [3.05, 3.63) is 28.8 Å². The third-order valence-corrected chi connectivity index (χ3v) is 2.66. The number of hydrogen-bond acceptors (Lipinski definition) is 2. The average Bonchev–Trinajstić information content (AvgIpc) is 2.58. The highest BCUT2D eigenvalue weighted by molar-refractivity contribution is 6.38. The van der Waals surface area contributed by atoms with Crippen molar-refractivity contribution in [1.29, 1.82) is 0 Å². The maximum atomic E-state index is 13.5. The van der Waals surface area contributed by atoms with Crippen molar-refractivity contribution in [3.8, 4) is 0 Å². The summed E-state index contributed by atoms with van der Waals surface area (Å²) in [5.41, 5.74) is 0.0215. The number of aromatic nitrogens is 1. The van der Waals surface area contributed by atoms with Crippen LogP contribution in [0, 0.1) is 11.6 Å². The number of aromatic amines is 1. The van der Waals surface area contributed by atoms with E-state index in [0.717, 1.165) is 12.1 Å². The topological polar surface area (TPSA) is 54.1 Å². The van der Waals surface area contributed by atoms with Gasteiger partial charge in [-0.2, -0.15) is 0 Å². The lowest BCUT2D eigenvalue weighted by Gasteiger charge is -2.02. The van der Waals surface area contributed by atoms with Crippen molar-refractivity contribution >= 4 is 34.4 Å². The zero-order chi connectivity index (χ0) is 13.3. The van der Waals surface area contributed by atoms with Gasteiger partial charge in [-0.25, -0.2) is 13.6 Å². The molecule has 0 fully saturated rings. The smallest absolute Gasteiger partial charge is 0.412 e. The first-order chi connectivity index (χ1) is 8.52. The van der Waals surface area contributed by atoms with Gasteiger partial charge in [0.05, 0.1) is 17.1 Å². The minimum absolute atomic E-state index is 0.0215. The Morgan fingerprint density at radius 1 is 1.50 bits per heavy atom. The standard InChI is InChI=1S/C11H9ClF2N2O2/c1-2-18-11(17)16-10-8(12)6-3-5(13)4-7(14)9(6)15-10/h3-4,15H,2H2,1H3,(H,16,17). The molecular weight excluding hydrogens is 266 g/mol. The van der Waals surface area contributed by atoms with Crippen LogP contribution in [0.5, 0.6) is 0 Å². The molecule has 2 rings (SSSR count). The molecule has 4 nitrogen and oxygen atoms in total. The Morgan fingerprint density at radius 3 is 2.89 bits per heavy atom. The molecule has 0 aliphatic rings. The van der Waals surface area contributed by atoms with E-state index in [9.17, 15) is 13.6 Å². The van der Waals surface area contributed by atoms with Gasteiger partial charge in [0.15, 0.2) is 0 Å². The zero-order valence-electron chi connectivity index (χ0n) is 9.31. The van der Waals surface area contributed by atoms with Crippen LogP contribution < -0.4 is 5.32 Å². The second-order valence-corrected chi connectivity index (χ2v) is 3.85. The number of hydrogen-bond donors (Lipinski definition) is 2. The van der Waals surface area contributed by atoms with Gasteiger partial charge in [-0.3, -0.25) is 5.32 Å².